The molecule has 2 atom stereocenters. The summed E-state index contributed by atoms with van der Waals surface area (Å²) in [5.74, 6) is 0.949. The average Bonchev–Trinajstić information content (AvgIpc) is 2.20. The van der Waals surface area contributed by atoms with Crippen molar-refractivity contribution in [2.75, 3.05) is 23.7 Å². The van der Waals surface area contributed by atoms with Gasteiger partial charge in [-0.05, 0) is 26.3 Å². The van der Waals surface area contributed by atoms with Gasteiger partial charge in [-0.25, -0.2) is 4.98 Å². The Morgan fingerprint density at radius 2 is 2.00 bits per heavy atom. The Hall–Kier alpha value is -1.29. The maximum absolute atomic E-state index is 5.90. The van der Waals surface area contributed by atoms with E-state index in [4.69, 9.17) is 10.5 Å². The van der Waals surface area contributed by atoms with Crippen molar-refractivity contribution in [2.45, 2.75) is 33.0 Å². The molecular weight excluding hydrogens is 202 g/mol. The summed E-state index contributed by atoms with van der Waals surface area (Å²) < 4.78 is 5.69. The number of rotatable bonds is 1. The second-order valence-corrected chi connectivity index (χ2v) is 4.56. The van der Waals surface area contributed by atoms with Gasteiger partial charge in [0.25, 0.3) is 0 Å². The van der Waals surface area contributed by atoms with Crippen LogP contribution in [0.5, 0.6) is 0 Å². The summed E-state index contributed by atoms with van der Waals surface area (Å²) >= 11 is 0. The summed E-state index contributed by atoms with van der Waals surface area (Å²) in [5.41, 5.74) is 7.73. The van der Waals surface area contributed by atoms with Crippen molar-refractivity contribution >= 4 is 11.5 Å². The Morgan fingerprint density at radius 3 is 2.56 bits per heavy atom. The Bertz CT molecular complexity index is 371. The van der Waals surface area contributed by atoms with Crippen LogP contribution in [0.4, 0.5) is 11.5 Å². The standard InChI is InChI=1S/C12H19N3O/c1-8-5-14-12(4-11(8)13)15-6-9(2)16-10(3)7-15/h4-5,9-10H,6-7H2,1-3H3,(H2,13,14). The molecule has 1 saturated heterocycles. The van der Waals surface area contributed by atoms with E-state index in [0.29, 0.717) is 0 Å². The smallest absolute Gasteiger partial charge is 0.130 e. The number of nitrogens with two attached hydrogens (primary N) is 1. The fraction of sp³-hybridized carbons (Fsp3) is 0.583. The van der Waals surface area contributed by atoms with Crippen molar-refractivity contribution in [3.8, 4) is 0 Å². The highest BCUT2D eigenvalue weighted by Crippen LogP contribution is 2.21. The lowest BCUT2D eigenvalue weighted by Gasteiger charge is -2.36. The van der Waals surface area contributed by atoms with Gasteiger partial charge in [0, 0.05) is 31.0 Å². The first kappa shape index (κ1) is 11.2. The quantitative estimate of drug-likeness (QED) is 0.782. The second kappa shape index (κ2) is 4.29. The lowest BCUT2D eigenvalue weighted by atomic mass is 10.2. The van der Waals surface area contributed by atoms with Crippen LogP contribution in [0.3, 0.4) is 0 Å². The van der Waals surface area contributed by atoms with Gasteiger partial charge in [-0.3, -0.25) is 0 Å². The molecular formula is C12H19N3O. The topological polar surface area (TPSA) is 51.4 Å². The largest absolute Gasteiger partial charge is 0.398 e. The van der Waals surface area contributed by atoms with Crippen LogP contribution in [-0.2, 0) is 4.74 Å². The highest BCUT2D eigenvalue weighted by atomic mass is 16.5. The zero-order valence-electron chi connectivity index (χ0n) is 10.1. The first-order valence-corrected chi connectivity index (χ1v) is 5.69. The first-order valence-electron chi connectivity index (χ1n) is 5.69. The number of nitrogen functional groups attached to an aromatic ring is 1. The molecule has 4 nitrogen and oxygen atoms in total. The van der Waals surface area contributed by atoms with Crippen LogP contribution in [0, 0.1) is 6.92 Å². The highest BCUT2D eigenvalue weighted by Gasteiger charge is 2.23. The van der Waals surface area contributed by atoms with Crippen LogP contribution < -0.4 is 10.6 Å². The normalized spacial score (nSPS) is 25.8. The molecule has 0 saturated carbocycles. The SMILES string of the molecule is Cc1cnc(N2CC(C)OC(C)C2)cc1N. The van der Waals surface area contributed by atoms with E-state index in [-0.39, 0.29) is 12.2 Å². The molecule has 2 heterocycles. The van der Waals surface area contributed by atoms with Gasteiger partial charge in [0.05, 0.1) is 12.2 Å². The van der Waals surface area contributed by atoms with E-state index in [0.717, 1.165) is 30.2 Å². The molecule has 0 bridgehead atoms. The molecule has 0 amide bonds. The number of anilines is 2. The van der Waals surface area contributed by atoms with Crippen molar-refractivity contribution < 1.29 is 4.74 Å². The molecule has 1 aliphatic rings. The number of pyridine rings is 1. The third-order valence-electron chi connectivity index (χ3n) is 2.87. The monoisotopic (exact) mass is 221 g/mol. The number of aryl methyl sites for hydroxylation is 1. The molecule has 1 aromatic rings. The van der Waals surface area contributed by atoms with E-state index in [2.05, 4.69) is 23.7 Å². The number of nitrogens with zero attached hydrogens (tertiary/aromatic N) is 2. The molecule has 1 fully saturated rings. The van der Waals surface area contributed by atoms with Crippen LogP contribution >= 0.6 is 0 Å². The van der Waals surface area contributed by atoms with E-state index in [9.17, 15) is 0 Å². The van der Waals surface area contributed by atoms with Gasteiger partial charge < -0.3 is 15.4 Å². The van der Waals surface area contributed by atoms with Crippen molar-refractivity contribution in [1.29, 1.82) is 0 Å². The van der Waals surface area contributed by atoms with Gasteiger partial charge in [-0.2, -0.15) is 0 Å². The van der Waals surface area contributed by atoms with Crippen molar-refractivity contribution in [3.05, 3.63) is 17.8 Å². The maximum Gasteiger partial charge on any atom is 0.130 e. The van der Waals surface area contributed by atoms with Crippen LogP contribution in [0.25, 0.3) is 0 Å². The lowest BCUT2D eigenvalue weighted by Crippen LogP contribution is -2.45. The van der Waals surface area contributed by atoms with Crippen LogP contribution in [0.1, 0.15) is 19.4 Å². The van der Waals surface area contributed by atoms with Crippen molar-refractivity contribution in [2.24, 2.45) is 0 Å². The average molecular weight is 221 g/mol. The van der Waals surface area contributed by atoms with Crippen molar-refractivity contribution in [3.63, 3.8) is 0 Å². The molecule has 0 spiro atoms. The molecule has 0 aliphatic carbocycles. The Morgan fingerprint density at radius 1 is 1.38 bits per heavy atom. The summed E-state index contributed by atoms with van der Waals surface area (Å²) in [6.07, 6.45) is 2.32. The first-order chi connectivity index (χ1) is 7.56. The van der Waals surface area contributed by atoms with E-state index >= 15 is 0 Å². The predicted octanol–water partition coefficient (Wildman–Crippen LogP) is 1.59. The Kier molecular flexibility index (Phi) is 3.01. The fourth-order valence-electron chi connectivity index (χ4n) is 2.07. The highest BCUT2D eigenvalue weighted by molar-refractivity contribution is 5.55. The predicted molar refractivity (Wildman–Crippen MR) is 65.6 cm³/mol. The minimum Gasteiger partial charge on any atom is -0.398 e. The summed E-state index contributed by atoms with van der Waals surface area (Å²) in [6, 6.07) is 1.94. The van der Waals surface area contributed by atoms with E-state index in [1.807, 2.05) is 19.2 Å². The summed E-state index contributed by atoms with van der Waals surface area (Å²) in [7, 11) is 0. The molecule has 1 aromatic heterocycles. The molecule has 2 rings (SSSR count). The number of hydrogen-bond donors (Lipinski definition) is 1. The van der Waals surface area contributed by atoms with Gasteiger partial charge in [0.15, 0.2) is 0 Å². The maximum atomic E-state index is 5.90. The number of aromatic nitrogens is 1. The molecule has 88 valence electrons. The van der Waals surface area contributed by atoms with Crippen LogP contribution in [0.15, 0.2) is 12.3 Å². The number of ether oxygens (including phenoxy) is 1. The summed E-state index contributed by atoms with van der Waals surface area (Å²) in [5, 5.41) is 0. The van der Waals surface area contributed by atoms with E-state index < -0.39 is 0 Å². The molecule has 0 aromatic carbocycles. The molecule has 2 N–H and O–H groups in total. The summed E-state index contributed by atoms with van der Waals surface area (Å²) in [6.45, 7) is 7.89. The van der Waals surface area contributed by atoms with Gasteiger partial charge in [-0.1, -0.05) is 0 Å². The van der Waals surface area contributed by atoms with Gasteiger partial charge >= 0.3 is 0 Å². The molecule has 1 aliphatic heterocycles. The fourth-order valence-corrected chi connectivity index (χ4v) is 2.07. The Balaban J connectivity index is 2.19. The minimum absolute atomic E-state index is 0.244. The summed E-state index contributed by atoms with van der Waals surface area (Å²) in [4.78, 5) is 6.65. The second-order valence-electron chi connectivity index (χ2n) is 4.56. The zero-order chi connectivity index (χ0) is 11.7. The Labute approximate surface area is 96.4 Å². The van der Waals surface area contributed by atoms with Gasteiger partial charge in [0.1, 0.15) is 5.82 Å². The number of hydrogen-bond acceptors (Lipinski definition) is 4. The zero-order valence-corrected chi connectivity index (χ0v) is 10.1. The van der Waals surface area contributed by atoms with Crippen LogP contribution in [0.2, 0.25) is 0 Å². The third-order valence-corrected chi connectivity index (χ3v) is 2.87. The molecule has 4 heteroatoms. The molecule has 16 heavy (non-hydrogen) atoms. The van der Waals surface area contributed by atoms with Crippen LogP contribution in [-0.4, -0.2) is 30.3 Å². The third kappa shape index (κ3) is 2.27. The van der Waals surface area contributed by atoms with E-state index in [1.54, 1.807) is 0 Å². The van der Waals surface area contributed by atoms with Gasteiger partial charge in [-0.15, -0.1) is 0 Å². The van der Waals surface area contributed by atoms with Crippen molar-refractivity contribution in [1.82, 2.24) is 4.98 Å². The van der Waals surface area contributed by atoms with E-state index in [1.165, 1.54) is 0 Å². The molecule has 0 radical (unpaired) electrons. The molecule has 2 unspecified atom stereocenters. The lowest BCUT2D eigenvalue weighted by molar-refractivity contribution is -0.00545. The number of morpholine rings is 1. The van der Waals surface area contributed by atoms with Gasteiger partial charge in [0.2, 0.25) is 0 Å². The minimum atomic E-state index is 0.244.